The molecular weight excluding hydrogens is 260 g/mol. The fourth-order valence-corrected chi connectivity index (χ4v) is 2.36. The highest BCUT2D eigenvalue weighted by Crippen LogP contribution is 2.21. The number of benzene rings is 1. The predicted octanol–water partition coefficient (Wildman–Crippen LogP) is 0.563. The third-order valence-electron chi connectivity index (χ3n) is 3.38. The van der Waals surface area contributed by atoms with E-state index in [0.717, 1.165) is 6.42 Å². The van der Waals surface area contributed by atoms with Crippen LogP contribution in [0.4, 0.5) is 0 Å². The van der Waals surface area contributed by atoms with Gasteiger partial charge in [-0.2, -0.15) is 0 Å². The summed E-state index contributed by atoms with van der Waals surface area (Å²) in [7, 11) is 1.30. The van der Waals surface area contributed by atoms with Gasteiger partial charge in [0.25, 0.3) is 5.91 Å². The van der Waals surface area contributed by atoms with E-state index in [4.69, 9.17) is 10.5 Å². The van der Waals surface area contributed by atoms with Gasteiger partial charge in [-0.3, -0.25) is 9.59 Å². The second kappa shape index (κ2) is 5.73. The number of hydrogen-bond donors (Lipinski definition) is 1. The number of carbonyl (C=O) groups is 3. The van der Waals surface area contributed by atoms with Crippen molar-refractivity contribution in [3.8, 4) is 0 Å². The molecule has 1 aliphatic rings. The average Bonchev–Trinajstić information content (AvgIpc) is 2.95. The molecule has 2 N–H and O–H groups in total. The van der Waals surface area contributed by atoms with E-state index < -0.39 is 17.9 Å². The van der Waals surface area contributed by atoms with E-state index in [1.54, 1.807) is 18.2 Å². The first-order chi connectivity index (χ1) is 9.54. The molecule has 0 bridgehead atoms. The second-order valence-electron chi connectivity index (χ2n) is 4.62. The van der Waals surface area contributed by atoms with Gasteiger partial charge < -0.3 is 15.4 Å². The molecule has 1 fully saturated rings. The van der Waals surface area contributed by atoms with Crippen molar-refractivity contribution < 1.29 is 19.1 Å². The Morgan fingerprint density at radius 3 is 2.65 bits per heavy atom. The molecule has 6 heteroatoms. The van der Waals surface area contributed by atoms with Crippen LogP contribution in [0.5, 0.6) is 0 Å². The average molecular weight is 276 g/mol. The molecule has 0 aromatic heterocycles. The van der Waals surface area contributed by atoms with Crippen molar-refractivity contribution in [3.05, 3.63) is 35.4 Å². The van der Waals surface area contributed by atoms with Gasteiger partial charge in [-0.15, -0.1) is 0 Å². The minimum atomic E-state index is -0.592. The number of primary amides is 1. The summed E-state index contributed by atoms with van der Waals surface area (Å²) in [5.41, 5.74) is 5.81. The summed E-state index contributed by atoms with van der Waals surface area (Å²) in [6, 6.07) is 5.63. The van der Waals surface area contributed by atoms with E-state index in [1.807, 2.05) is 0 Å². The van der Waals surface area contributed by atoms with Crippen LogP contribution >= 0.6 is 0 Å². The largest absolute Gasteiger partial charge is 0.467 e. The Balaban J connectivity index is 2.24. The highest BCUT2D eigenvalue weighted by Gasteiger charge is 2.35. The topological polar surface area (TPSA) is 89.7 Å². The van der Waals surface area contributed by atoms with Crippen LogP contribution in [-0.4, -0.2) is 42.4 Å². The summed E-state index contributed by atoms with van der Waals surface area (Å²) in [4.78, 5) is 36.7. The van der Waals surface area contributed by atoms with Crippen LogP contribution in [-0.2, 0) is 9.53 Å². The number of amides is 2. The lowest BCUT2D eigenvalue weighted by Gasteiger charge is -2.22. The van der Waals surface area contributed by atoms with Crippen molar-refractivity contribution in [1.82, 2.24) is 4.90 Å². The zero-order chi connectivity index (χ0) is 14.7. The van der Waals surface area contributed by atoms with Crippen LogP contribution in [0, 0.1) is 0 Å². The summed E-state index contributed by atoms with van der Waals surface area (Å²) in [6.07, 6.45) is 1.34. The van der Waals surface area contributed by atoms with Crippen LogP contribution in [0.1, 0.15) is 33.6 Å². The molecule has 0 aliphatic carbocycles. The molecule has 106 valence electrons. The molecule has 1 heterocycles. The van der Waals surface area contributed by atoms with Crippen molar-refractivity contribution in [2.75, 3.05) is 13.7 Å². The maximum atomic E-state index is 12.4. The van der Waals surface area contributed by atoms with E-state index in [1.165, 1.54) is 18.1 Å². The monoisotopic (exact) mass is 276 g/mol. The van der Waals surface area contributed by atoms with Crippen molar-refractivity contribution in [3.63, 3.8) is 0 Å². The van der Waals surface area contributed by atoms with Gasteiger partial charge in [0.05, 0.1) is 7.11 Å². The van der Waals surface area contributed by atoms with Gasteiger partial charge in [0.2, 0.25) is 5.91 Å². The van der Waals surface area contributed by atoms with Crippen LogP contribution in [0.25, 0.3) is 0 Å². The lowest BCUT2D eigenvalue weighted by Crippen LogP contribution is -2.41. The molecule has 2 rings (SSSR count). The first-order valence-electron chi connectivity index (χ1n) is 6.33. The van der Waals surface area contributed by atoms with Crippen molar-refractivity contribution >= 4 is 17.8 Å². The number of nitrogens with zero attached hydrogens (tertiary/aromatic N) is 1. The summed E-state index contributed by atoms with van der Waals surface area (Å²) < 4.78 is 4.71. The van der Waals surface area contributed by atoms with Crippen LogP contribution < -0.4 is 5.73 Å². The Kier molecular flexibility index (Phi) is 4.02. The Hall–Kier alpha value is -2.37. The highest BCUT2D eigenvalue weighted by molar-refractivity contribution is 6.00. The Morgan fingerprint density at radius 2 is 2.00 bits per heavy atom. The molecular formula is C14H16N2O4. The fourth-order valence-electron chi connectivity index (χ4n) is 2.36. The Morgan fingerprint density at radius 1 is 1.30 bits per heavy atom. The SMILES string of the molecule is COC(=O)C1CCCN1C(=O)c1cccc(C(N)=O)c1. The number of hydrogen-bond acceptors (Lipinski definition) is 4. The summed E-state index contributed by atoms with van der Waals surface area (Å²) in [5, 5.41) is 0. The minimum Gasteiger partial charge on any atom is -0.467 e. The standard InChI is InChI=1S/C14H16N2O4/c1-20-14(19)11-6-3-7-16(11)13(18)10-5-2-4-9(8-10)12(15)17/h2,4-5,8,11H,3,6-7H2,1H3,(H2,15,17). The Bertz CT molecular complexity index is 556. The first kappa shape index (κ1) is 14.0. The fraction of sp³-hybridized carbons (Fsp3) is 0.357. The van der Waals surface area contributed by atoms with E-state index in [0.29, 0.717) is 18.5 Å². The summed E-state index contributed by atoms with van der Waals surface area (Å²) in [5.74, 6) is -1.30. The van der Waals surface area contributed by atoms with Gasteiger partial charge in [0.1, 0.15) is 6.04 Å². The molecule has 1 atom stereocenters. The zero-order valence-electron chi connectivity index (χ0n) is 11.2. The summed E-state index contributed by atoms with van der Waals surface area (Å²) in [6.45, 7) is 0.499. The number of carbonyl (C=O) groups excluding carboxylic acids is 3. The Labute approximate surface area is 116 Å². The molecule has 0 spiro atoms. The van der Waals surface area contributed by atoms with Gasteiger partial charge in [0.15, 0.2) is 0 Å². The number of methoxy groups -OCH3 is 1. The number of nitrogens with two attached hydrogens (primary N) is 1. The normalized spacial score (nSPS) is 17.9. The number of esters is 1. The van der Waals surface area contributed by atoms with Crippen LogP contribution in [0.15, 0.2) is 24.3 Å². The molecule has 2 amide bonds. The quantitative estimate of drug-likeness (QED) is 0.817. The van der Waals surface area contributed by atoms with Gasteiger partial charge in [-0.25, -0.2) is 4.79 Å². The number of ether oxygens (including phenoxy) is 1. The van der Waals surface area contributed by atoms with E-state index >= 15 is 0 Å². The third-order valence-corrected chi connectivity index (χ3v) is 3.38. The highest BCUT2D eigenvalue weighted by atomic mass is 16.5. The molecule has 0 saturated carbocycles. The third kappa shape index (κ3) is 2.64. The lowest BCUT2D eigenvalue weighted by molar-refractivity contribution is -0.145. The van der Waals surface area contributed by atoms with E-state index in [9.17, 15) is 14.4 Å². The van der Waals surface area contributed by atoms with Crippen LogP contribution in [0.3, 0.4) is 0 Å². The van der Waals surface area contributed by atoms with Crippen molar-refractivity contribution in [2.24, 2.45) is 5.73 Å². The second-order valence-corrected chi connectivity index (χ2v) is 4.62. The van der Waals surface area contributed by atoms with Crippen molar-refractivity contribution in [1.29, 1.82) is 0 Å². The molecule has 0 radical (unpaired) electrons. The molecule has 1 aromatic rings. The lowest BCUT2D eigenvalue weighted by atomic mass is 10.1. The molecule has 6 nitrogen and oxygen atoms in total. The van der Waals surface area contributed by atoms with E-state index in [2.05, 4.69) is 0 Å². The smallest absolute Gasteiger partial charge is 0.328 e. The van der Waals surface area contributed by atoms with Crippen LogP contribution in [0.2, 0.25) is 0 Å². The van der Waals surface area contributed by atoms with Gasteiger partial charge in [0, 0.05) is 17.7 Å². The van der Waals surface area contributed by atoms with Gasteiger partial charge >= 0.3 is 5.97 Å². The van der Waals surface area contributed by atoms with Gasteiger partial charge in [-0.05, 0) is 31.0 Å². The zero-order valence-corrected chi connectivity index (χ0v) is 11.2. The van der Waals surface area contributed by atoms with Crippen molar-refractivity contribution in [2.45, 2.75) is 18.9 Å². The molecule has 1 aromatic carbocycles. The molecule has 20 heavy (non-hydrogen) atoms. The van der Waals surface area contributed by atoms with E-state index in [-0.39, 0.29) is 11.5 Å². The summed E-state index contributed by atoms with van der Waals surface area (Å²) >= 11 is 0. The predicted molar refractivity (Wildman–Crippen MR) is 71.0 cm³/mol. The maximum absolute atomic E-state index is 12.4. The van der Waals surface area contributed by atoms with Gasteiger partial charge in [-0.1, -0.05) is 6.07 Å². The minimum absolute atomic E-state index is 0.268. The molecule has 1 saturated heterocycles. The molecule has 1 unspecified atom stereocenters. The number of likely N-dealkylation sites (tertiary alicyclic amines) is 1. The number of rotatable bonds is 3. The maximum Gasteiger partial charge on any atom is 0.328 e. The molecule has 1 aliphatic heterocycles. The first-order valence-corrected chi connectivity index (χ1v) is 6.33.